The van der Waals surface area contributed by atoms with Crippen molar-refractivity contribution in [3.05, 3.63) is 146 Å². The maximum Gasteiger partial charge on any atom is 0.306 e. The van der Waals surface area contributed by atoms with E-state index in [1.165, 1.54) is 44.9 Å². The third-order valence-electron chi connectivity index (χ3n) is 12.0. The molecule has 0 spiro atoms. The van der Waals surface area contributed by atoms with Gasteiger partial charge in [0.05, 0.1) is 0 Å². The first-order valence-electron chi connectivity index (χ1n) is 29.8. The quantitative estimate of drug-likeness (QED) is 0.0261. The lowest BCUT2D eigenvalue weighted by atomic mass is 10.1. The van der Waals surface area contributed by atoms with Gasteiger partial charge in [0.2, 0.25) is 0 Å². The molecule has 0 fully saturated rings. The summed E-state index contributed by atoms with van der Waals surface area (Å²) < 4.78 is 16.8. The van der Waals surface area contributed by atoms with Gasteiger partial charge < -0.3 is 14.2 Å². The summed E-state index contributed by atoms with van der Waals surface area (Å²) in [5.74, 6) is -0.960. The maximum absolute atomic E-state index is 12.9. The second-order valence-corrected chi connectivity index (χ2v) is 19.1. The third kappa shape index (κ3) is 58.2. The van der Waals surface area contributed by atoms with Crippen molar-refractivity contribution in [2.75, 3.05) is 13.2 Å². The van der Waals surface area contributed by atoms with Crippen molar-refractivity contribution in [1.29, 1.82) is 0 Å². The molecule has 0 heterocycles. The lowest BCUT2D eigenvalue weighted by molar-refractivity contribution is -0.167. The molecular weight excluding hydrogens is 913 g/mol. The maximum atomic E-state index is 12.9. The second-order valence-electron chi connectivity index (χ2n) is 19.1. The van der Waals surface area contributed by atoms with Gasteiger partial charge in [-0.25, -0.2) is 0 Å². The van der Waals surface area contributed by atoms with E-state index in [0.717, 1.165) is 161 Å². The largest absolute Gasteiger partial charge is 0.462 e. The minimum atomic E-state index is -0.806. The minimum absolute atomic E-state index is 0.102. The van der Waals surface area contributed by atoms with E-state index in [-0.39, 0.29) is 31.1 Å². The number of rotatable bonds is 52. The van der Waals surface area contributed by atoms with E-state index in [4.69, 9.17) is 14.2 Å². The number of carbonyl (C=O) groups excluding carboxylic acids is 3. The van der Waals surface area contributed by atoms with Crippen LogP contribution in [0, 0.1) is 0 Å². The molecule has 74 heavy (non-hydrogen) atoms. The van der Waals surface area contributed by atoms with E-state index < -0.39 is 6.10 Å². The third-order valence-corrected chi connectivity index (χ3v) is 12.0. The Morgan fingerprint density at radius 3 is 0.851 bits per heavy atom. The summed E-state index contributed by atoms with van der Waals surface area (Å²) in [4.78, 5) is 38.1. The zero-order valence-electron chi connectivity index (χ0n) is 47.5. The molecule has 0 aliphatic carbocycles. The average molecular weight is 1020 g/mol. The fourth-order valence-corrected chi connectivity index (χ4v) is 7.65. The first kappa shape index (κ1) is 69.3. The van der Waals surface area contributed by atoms with Gasteiger partial charge in [-0.15, -0.1) is 0 Å². The van der Waals surface area contributed by atoms with Gasteiger partial charge in [0.25, 0.3) is 0 Å². The summed E-state index contributed by atoms with van der Waals surface area (Å²) in [7, 11) is 0. The average Bonchev–Trinajstić information content (AvgIpc) is 3.40. The van der Waals surface area contributed by atoms with Crippen molar-refractivity contribution >= 4 is 17.9 Å². The Balaban J connectivity index is 4.41. The van der Waals surface area contributed by atoms with Crippen LogP contribution < -0.4 is 0 Å². The lowest BCUT2D eigenvalue weighted by Crippen LogP contribution is -2.30. The molecule has 0 N–H and O–H groups in total. The van der Waals surface area contributed by atoms with Crippen LogP contribution >= 0.6 is 0 Å². The predicted molar refractivity (Wildman–Crippen MR) is 320 cm³/mol. The SMILES string of the molecule is CC/C=C\C/C=C\C/C=C\C/C=C\C/C=C\C/C=C\C/C=C\CCCCCC(=O)OCC(COC(=O)CCCCCCC/C=C\CCC)OC(=O)CCCCCCCCCC/C=C\C/C=C\C/C=C\C/C=C\CC. The Morgan fingerprint density at radius 2 is 0.527 bits per heavy atom. The van der Waals surface area contributed by atoms with Crippen LogP contribution in [0.15, 0.2) is 146 Å². The van der Waals surface area contributed by atoms with Crippen molar-refractivity contribution in [1.82, 2.24) is 0 Å². The zero-order chi connectivity index (χ0) is 53.6. The van der Waals surface area contributed by atoms with Crippen LogP contribution in [0.5, 0.6) is 0 Å². The van der Waals surface area contributed by atoms with Gasteiger partial charge in [0.15, 0.2) is 6.10 Å². The smallest absolute Gasteiger partial charge is 0.306 e. The summed E-state index contributed by atoms with van der Waals surface area (Å²) in [6, 6.07) is 0. The van der Waals surface area contributed by atoms with E-state index in [9.17, 15) is 14.4 Å². The molecule has 0 aliphatic heterocycles. The van der Waals surface area contributed by atoms with Crippen LogP contribution in [0.25, 0.3) is 0 Å². The molecule has 0 amide bonds. The molecule has 1 unspecified atom stereocenters. The topological polar surface area (TPSA) is 78.9 Å². The molecule has 0 rings (SSSR count). The van der Waals surface area contributed by atoms with Gasteiger partial charge in [-0.1, -0.05) is 237 Å². The number of esters is 3. The first-order chi connectivity index (χ1) is 36.5. The number of hydrogen-bond donors (Lipinski definition) is 0. The van der Waals surface area contributed by atoms with Crippen LogP contribution in [0.4, 0.5) is 0 Å². The summed E-state index contributed by atoms with van der Waals surface area (Å²) in [6.45, 7) is 6.30. The van der Waals surface area contributed by atoms with Crippen LogP contribution in [0.3, 0.4) is 0 Å². The van der Waals surface area contributed by atoms with Crippen LogP contribution in [0.1, 0.15) is 245 Å². The Kier molecular flexibility index (Phi) is 57.0. The molecule has 6 nitrogen and oxygen atoms in total. The van der Waals surface area contributed by atoms with E-state index in [1.807, 2.05) is 0 Å². The molecule has 0 aromatic carbocycles. The van der Waals surface area contributed by atoms with E-state index >= 15 is 0 Å². The predicted octanol–water partition coefficient (Wildman–Crippen LogP) is 20.4. The molecule has 0 radical (unpaired) electrons. The summed E-state index contributed by atoms with van der Waals surface area (Å²) in [5.41, 5.74) is 0. The Bertz CT molecular complexity index is 1640. The number of unbranched alkanes of at least 4 members (excludes halogenated alkanes) is 17. The number of allylic oxidation sites excluding steroid dienone is 24. The van der Waals surface area contributed by atoms with Crippen LogP contribution in [-0.2, 0) is 28.6 Å². The Labute approximate surface area is 455 Å². The molecule has 416 valence electrons. The molecular formula is C68H108O6. The van der Waals surface area contributed by atoms with E-state index in [2.05, 4.69) is 167 Å². The van der Waals surface area contributed by atoms with Crippen molar-refractivity contribution < 1.29 is 28.6 Å². The van der Waals surface area contributed by atoms with Gasteiger partial charge in [-0.2, -0.15) is 0 Å². The van der Waals surface area contributed by atoms with Crippen LogP contribution in [-0.4, -0.2) is 37.2 Å². The summed E-state index contributed by atoms with van der Waals surface area (Å²) in [6.07, 6.45) is 87.0. The number of ether oxygens (including phenoxy) is 3. The molecule has 0 bridgehead atoms. The van der Waals surface area contributed by atoms with Crippen LogP contribution in [0.2, 0.25) is 0 Å². The normalized spacial score (nSPS) is 13.2. The first-order valence-corrected chi connectivity index (χ1v) is 29.8. The zero-order valence-corrected chi connectivity index (χ0v) is 47.5. The Hall–Kier alpha value is -4.71. The molecule has 0 aromatic heterocycles. The van der Waals surface area contributed by atoms with Gasteiger partial charge >= 0.3 is 17.9 Å². The highest BCUT2D eigenvalue weighted by atomic mass is 16.6. The second kappa shape index (κ2) is 60.8. The van der Waals surface area contributed by atoms with Gasteiger partial charge in [-0.05, 0) is 135 Å². The minimum Gasteiger partial charge on any atom is -0.462 e. The van der Waals surface area contributed by atoms with Crippen molar-refractivity contribution in [3.8, 4) is 0 Å². The molecule has 1 atom stereocenters. The summed E-state index contributed by atoms with van der Waals surface area (Å²) in [5, 5.41) is 0. The highest BCUT2D eigenvalue weighted by Crippen LogP contribution is 2.14. The standard InChI is InChI=1S/C68H108O6/c1-4-7-10-13-16-19-22-24-26-28-30-32-33-34-35-37-38-40-42-44-46-49-52-55-58-61-67(70)73-64-65(63-72-66(69)60-57-54-51-48-21-18-15-12-9-6-3)74-68(71)62-59-56-53-50-47-45-43-41-39-36-31-29-27-25-23-20-17-14-11-8-5-2/h7-8,10-12,15-17,19-20,24-27,30-32,34-36,38,40,44,46,65H,4-6,9,13-14,18,21-23,28-29,33,37,39,41-43,45,47-64H2,1-3H3/b10-7-,11-8-,15-12-,19-16-,20-17-,26-24-,27-25-,32-30-,35-34-,36-31-,40-38-,46-44-. The van der Waals surface area contributed by atoms with Gasteiger partial charge in [-0.3, -0.25) is 14.4 Å². The fraction of sp³-hybridized carbons (Fsp3) is 0.603. The van der Waals surface area contributed by atoms with Crippen molar-refractivity contribution in [3.63, 3.8) is 0 Å². The Morgan fingerprint density at radius 1 is 0.284 bits per heavy atom. The molecule has 0 aliphatic rings. The van der Waals surface area contributed by atoms with Gasteiger partial charge in [0, 0.05) is 19.3 Å². The monoisotopic (exact) mass is 1020 g/mol. The fourth-order valence-electron chi connectivity index (χ4n) is 7.65. The van der Waals surface area contributed by atoms with Crippen molar-refractivity contribution in [2.24, 2.45) is 0 Å². The molecule has 0 aromatic rings. The molecule has 0 saturated heterocycles. The highest BCUT2D eigenvalue weighted by Gasteiger charge is 2.19. The van der Waals surface area contributed by atoms with Crippen molar-refractivity contribution in [2.45, 2.75) is 252 Å². The van der Waals surface area contributed by atoms with Gasteiger partial charge in [0.1, 0.15) is 13.2 Å². The highest BCUT2D eigenvalue weighted by molar-refractivity contribution is 5.71. The number of carbonyl (C=O) groups is 3. The van der Waals surface area contributed by atoms with E-state index in [1.54, 1.807) is 0 Å². The number of hydrogen-bond acceptors (Lipinski definition) is 6. The molecule has 6 heteroatoms. The lowest BCUT2D eigenvalue weighted by Gasteiger charge is -2.18. The molecule has 0 saturated carbocycles. The summed E-state index contributed by atoms with van der Waals surface area (Å²) >= 11 is 0. The van der Waals surface area contributed by atoms with E-state index in [0.29, 0.717) is 19.3 Å².